The molecule has 10 nitrogen and oxygen atoms in total. The van der Waals surface area contributed by atoms with Gasteiger partial charge in [-0.25, -0.2) is 22.0 Å². The minimum absolute atomic E-state index is 0.0305. The molecule has 1 aliphatic rings. The molecule has 0 aliphatic carbocycles. The molecule has 176 valence electrons. The number of amides is 1. The number of rotatable bonds is 7. The number of piperidine rings is 1. The van der Waals surface area contributed by atoms with Crippen LogP contribution in [0.15, 0.2) is 52.3 Å². The van der Waals surface area contributed by atoms with Crippen LogP contribution in [0.25, 0.3) is 11.0 Å². The molecule has 1 fully saturated rings. The Morgan fingerprint density at radius 3 is 2.61 bits per heavy atom. The number of nitrogens with one attached hydrogen (secondary N) is 1. The molecule has 0 bridgehead atoms. The molecule has 1 aromatic heterocycles. The topological polar surface area (TPSA) is 152 Å². The van der Waals surface area contributed by atoms with Crippen molar-refractivity contribution in [1.29, 1.82) is 0 Å². The van der Waals surface area contributed by atoms with Crippen molar-refractivity contribution in [3.63, 3.8) is 0 Å². The highest BCUT2D eigenvalue weighted by molar-refractivity contribution is 7.89. The van der Waals surface area contributed by atoms with Gasteiger partial charge in [0, 0.05) is 19.6 Å². The van der Waals surface area contributed by atoms with Gasteiger partial charge in [0.2, 0.25) is 26.0 Å². The van der Waals surface area contributed by atoms with E-state index in [1.807, 2.05) is 0 Å². The molecule has 2 heterocycles. The maximum Gasteiger partial charge on any atom is 0.245 e. The number of aromatic nitrogens is 2. The zero-order chi connectivity index (χ0) is 23.6. The second kappa shape index (κ2) is 9.43. The van der Waals surface area contributed by atoms with Crippen LogP contribution in [0.4, 0.5) is 0 Å². The van der Waals surface area contributed by atoms with Crippen molar-refractivity contribution in [1.82, 2.24) is 18.4 Å². The summed E-state index contributed by atoms with van der Waals surface area (Å²) in [4.78, 5) is 12.8. The predicted octanol–water partition coefficient (Wildman–Crippen LogP) is 1.10. The fourth-order valence-electron chi connectivity index (χ4n) is 3.82. The summed E-state index contributed by atoms with van der Waals surface area (Å²) < 4.78 is 58.7. The van der Waals surface area contributed by atoms with Gasteiger partial charge < -0.3 is 5.32 Å². The van der Waals surface area contributed by atoms with Gasteiger partial charge in [0.15, 0.2) is 0 Å². The van der Waals surface area contributed by atoms with E-state index in [9.17, 15) is 21.6 Å². The molecule has 3 aromatic rings. The third-order valence-corrected chi connectivity index (χ3v) is 8.96. The fraction of sp³-hybridized carbons (Fsp3) is 0.350. The largest absolute Gasteiger partial charge is 0.355 e. The number of carbonyl (C=O) groups is 1. The van der Waals surface area contributed by atoms with Crippen LogP contribution in [-0.4, -0.2) is 55.4 Å². The first-order valence-corrected chi connectivity index (χ1v) is 14.0. The summed E-state index contributed by atoms with van der Waals surface area (Å²) in [7, 11) is -7.55. The Balaban J connectivity index is 1.37. The first kappa shape index (κ1) is 23.7. The van der Waals surface area contributed by atoms with Crippen LogP contribution >= 0.6 is 11.7 Å². The van der Waals surface area contributed by atoms with Gasteiger partial charge in [-0.05, 0) is 49.1 Å². The third kappa shape index (κ3) is 5.22. The number of benzene rings is 2. The first-order valence-electron chi connectivity index (χ1n) is 10.3. The van der Waals surface area contributed by atoms with Crippen molar-refractivity contribution in [2.24, 2.45) is 11.1 Å². The van der Waals surface area contributed by atoms with Crippen LogP contribution in [0.1, 0.15) is 18.4 Å². The average Bonchev–Trinajstić information content (AvgIpc) is 3.28. The minimum atomic E-state index is -3.81. The Hall–Kier alpha value is -2.45. The predicted molar refractivity (Wildman–Crippen MR) is 123 cm³/mol. The lowest BCUT2D eigenvalue weighted by Gasteiger charge is -2.31. The Kier molecular flexibility index (Phi) is 6.77. The van der Waals surface area contributed by atoms with E-state index in [1.165, 1.54) is 22.5 Å². The second-order valence-electron chi connectivity index (χ2n) is 7.82. The van der Waals surface area contributed by atoms with Crippen LogP contribution in [0.2, 0.25) is 0 Å². The van der Waals surface area contributed by atoms with Gasteiger partial charge >= 0.3 is 0 Å². The summed E-state index contributed by atoms with van der Waals surface area (Å²) in [6.07, 6.45) is 1.69. The summed E-state index contributed by atoms with van der Waals surface area (Å²) >= 11 is 0.961. The van der Waals surface area contributed by atoms with Gasteiger partial charge in [0.25, 0.3) is 0 Å². The molecule has 1 atom stereocenters. The van der Waals surface area contributed by atoms with Crippen LogP contribution < -0.4 is 10.5 Å². The SMILES string of the molecule is NS(=O)(=O)c1ccc(CCNC(=O)[C@H]2CCCN(S(=O)(=O)c3cccc4nsnc34)C2)cc1. The highest BCUT2D eigenvalue weighted by Gasteiger charge is 2.34. The lowest BCUT2D eigenvalue weighted by Crippen LogP contribution is -2.45. The molecule has 3 N–H and O–H groups in total. The van der Waals surface area contributed by atoms with E-state index in [2.05, 4.69) is 14.1 Å². The van der Waals surface area contributed by atoms with Crippen molar-refractivity contribution in [2.75, 3.05) is 19.6 Å². The standard InChI is InChI=1S/C20H23N5O5S3/c21-32(27,28)16-8-6-14(7-9-16)10-11-22-20(26)15-3-2-12-25(13-15)33(29,30)18-5-1-4-17-19(18)24-31-23-17/h1,4-9,15H,2-3,10-13H2,(H,22,26)(H2,21,27,28)/t15-/m0/s1. The second-order valence-corrected chi connectivity index (χ2v) is 11.8. The van der Waals surface area contributed by atoms with E-state index < -0.39 is 26.0 Å². The molecule has 33 heavy (non-hydrogen) atoms. The highest BCUT2D eigenvalue weighted by Crippen LogP contribution is 2.28. The molecule has 4 rings (SSSR count). The number of hydrogen-bond acceptors (Lipinski definition) is 8. The van der Waals surface area contributed by atoms with Gasteiger partial charge in [0.05, 0.1) is 22.5 Å². The van der Waals surface area contributed by atoms with Crippen LogP contribution in [0, 0.1) is 5.92 Å². The van der Waals surface area contributed by atoms with E-state index in [0.717, 1.165) is 17.3 Å². The normalized spacial score (nSPS) is 17.8. The Morgan fingerprint density at radius 1 is 1.12 bits per heavy atom. The van der Waals surface area contributed by atoms with Crippen molar-refractivity contribution >= 4 is 48.7 Å². The van der Waals surface area contributed by atoms with E-state index in [0.29, 0.717) is 43.4 Å². The molecule has 0 spiro atoms. The number of fused-ring (bicyclic) bond motifs is 1. The van der Waals surface area contributed by atoms with Crippen molar-refractivity contribution < 1.29 is 21.6 Å². The monoisotopic (exact) mass is 509 g/mol. The summed E-state index contributed by atoms with van der Waals surface area (Å²) in [5.41, 5.74) is 1.73. The van der Waals surface area contributed by atoms with Gasteiger partial charge in [-0.2, -0.15) is 13.1 Å². The number of nitrogens with two attached hydrogens (primary N) is 1. The number of primary sulfonamides is 1. The first-order chi connectivity index (χ1) is 15.7. The van der Waals surface area contributed by atoms with Crippen molar-refractivity contribution in [3.8, 4) is 0 Å². The van der Waals surface area contributed by atoms with Crippen molar-refractivity contribution in [2.45, 2.75) is 29.1 Å². The molecule has 0 unspecified atom stereocenters. The van der Waals surface area contributed by atoms with Crippen molar-refractivity contribution in [3.05, 3.63) is 48.0 Å². The third-order valence-electron chi connectivity index (χ3n) is 5.59. The Labute approximate surface area is 196 Å². The maximum atomic E-state index is 13.2. The molecular formula is C20H23N5O5S3. The molecular weight excluding hydrogens is 486 g/mol. The molecule has 13 heteroatoms. The van der Waals surface area contributed by atoms with Crippen LogP contribution in [-0.2, 0) is 31.3 Å². The zero-order valence-corrected chi connectivity index (χ0v) is 20.0. The smallest absolute Gasteiger partial charge is 0.245 e. The van der Waals surface area contributed by atoms with Gasteiger partial charge in [-0.3, -0.25) is 4.79 Å². The summed E-state index contributed by atoms with van der Waals surface area (Å²) in [6.45, 7) is 0.794. The fourth-order valence-corrected chi connectivity index (χ4v) is 6.62. The molecule has 1 saturated heterocycles. The molecule has 2 aromatic carbocycles. The van der Waals surface area contributed by atoms with Crippen LogP contribution in [0.5, 0.6) is 0 Å². The summed E-state index contributed by atoms with van der Waals surface area (Å²) in [5, 5.41) is 7.95. The van der Waals surface area contributed by atoms with E-state index in [1.54, 1.807) is 24.3 Å². The van der Waals surface area contributed by atoms with E-state index in [4.69, 9.17) is 5.14 Å². The quantitative estimate of drug-likeness (QED) is 0.484. The van der Waals surface area contributed by atoms with Gasteiger partial charge in [-0.15, -0.1) is 0 Å². The molecule has 0 saturated carbocycles. The van der Waals surface area contributed by atoms with E-state index in [-0.39, 0.29) is 22.2 Å². The summed E-state index contributed by atoms with van der Waals surface area (Å²) in [5.74, 6) is -0.657. The highest BCUT2D eigenvalue weighted by atomic mass is 32.2. The number of sulfonamides is 2. The molecule has 1 amide bonds. The Bertz CT molecular complexity index is 1370. The van der Waals surface area contributed by atoms with E-state index >= 15 is 0 Å². The lowest BCUT2D eigenvalue weighted by molar-refractivity contribution is -0.126. The average molecular weight is 510 g/mol. The minimum Gasteiger partial charge on any atom is -0.355 e. The van der Waals surface area contributed by atoms with Gasteiger partial charge in [-0.1, -0.05) is 18.2 Å². The zero-order valence-electron chi connectivity index (χ0n) is 17.5. The van der Waals surface area contributed by atoms with Crippen LogP contribution in [0.3, 0.4) is 0 Å². The lowest BCUT2D eigenvalue weighted by atomic mass is 9.99. The molecule has 1 aliphatic heterocycles. The number of nitrogens with zero attached hydrogens (tertiary/aromatic N) is 3. The summed E-state index contributed by atoms with van der Waals surface area (Å²) in [6, 6.07) is 11.0. The number of hydrogen-bond donors (Lipinski definition) is 2. The molecule has 0 radical (unpaired) electrons. The number of carbonyl (C=O) groups excluding carboxylic acids is 1. The maximum absolute atomic E-state index is 13.2. The van der Waals surface area contributed by atoms with Gasteiger partial charge in [0.1, 0.15) is 15.9 Å². The Morgan fingerprint density at radius 2 is 1.88 bits per heavy atom.